The van der Waals surface area contributed by atoms with E-state index in [1.807, 2.05) is 13.2 Å². The van der Waals surface area contributed by atoms with E-state index in [0.717, 1.165) is 12.1 Å². The van der Waals surface area contributed by atoms with Gasteiger partial charge in [-0.15, -0.1) is 0 Å². The molecule has 0 aliphatic carbocycles. The van der Waals surface area contributed by atoms with Crippen molar-refractivity contribution in [1.29, 1.82) is 0 Å². The summed E-state index contributed by atoms with van der Waals surface area (Å²) in [5, 5.41) is 13.4. The summed E-state index contributed by atoms with van der Waals surface area (Å²) in [7, 11) is 1.86. The first-order valence-corrected chi connectivity index (χ1v) is 8.39. The van der Waals surface area contributed by atoms with E-state index >= 15 is 0 Å². The van der Waals surface area contributed by atoms with Crippen LogP contribution in [0, 0.1) is 5.92 Å². The lowest BCUT2D eigenvalue weighted by Crippen LogP contribution is -2.28. The summed E-state index contributed by atoms with van der Waals surface area (Å²) < 4.78 is 1.74. The molecule has 0 saturated carbocycles. The van der Waals surface area contributed by atoms with Crippen molar-refractivity contribution in [3.63, 3.8) is 0 Å². The minimum Gasteiger partial charge on any atom is -0.326 e. The van der Waals surface area contributed by atoms with Crippen LogP contribution in [0.3, 0.4) is 0 Å². The Morgan fingerprint density at radius 3 is 2.80 bits per heavy atom. The maximum atomic E-state index is 12.7. The summed E-state index contributed by atoms with van der Waals surface area (Å²) in [5.74, 6) is -0.406. The molecule has 0 bridgehead atoms. The molecular weight excluding hydrogens is 342 g/mol. The van der Waals surface area contributed by atoms with Crippen molar-refractivity contribution in [2.75, 3.05) is 23.7 Å². The van der Waals surface area contributed by atoms with Crippen LogP contribution >= 0.6 is 11.6 Å². The second-order valence-electron chi connectivity index (χ2n) is 6.18. The van der Waals surface area contributed by atoms with Crippen molar-refractivity contribution in [2.24, 2.45) is 13.0 Å². The van der Waals surface area contributed by atoms with E-state index in [0.29, 0.717) is 22.9 Å². The molecule has 2 atom stereocenters. The molecule has 2 amide bonds. The summed E-state index contributed by atoms with van der Waals surface area (Å²) >= 11 is 6.06. The summed E-state index contributed by atoms with van der Waals surface area (Å²) in [5.41, 5.74) is 2.11. The molecule has 3 rings (SSSR count). The van der Waals surface area contributed by atoms with Gasteiger partial charge < -0.3 is 16.0 Å². The number of amides is 2. The molecule has 2 heterocycles. The van der Waals surface area contributed by atoms with E-state index in [4.69, 9.17) is 11.6 Å². The second-order valence-corrected chi connectivity index (χ2v) is 6.59. The number of hydrogen-bond donors (Lipinski definition) is 3. The maximum absolute atomic E-state index is 12.7. The third kappa shape index (κ3) is 4.00. The minimum absolute atomic E-state index is 0.0741. The third-order valence-corrected chi connectivity index (χ3v) is 4.58. The number of hydrogen-bond acceptors (Lipinski definition) is 4. The highest BCUT2D eigenvalue weighted by molar-refractivity contribution is 6.33. The van der Waals surface area contributed by atoms with Crippen LogP contribution in [0.1, 0.15) is 18.4 Å². The average molecular weight is 362 g/mol. The van der Waals surface area contributed by atoms with E-state index < -0.39 is 0 Å². The first-order chi connectivity index (χ1) is 11.9. The largest absolute Gasteiger partial charge is 0.326 e. The van der Waals surface area contributed by atoms with Crippen LogP contribution < -0.4 is 16.0 Å². The maximum Gasteiger partial charge on any atom is 0.229 e. The number of anilines is 2. The van der Waals surface area contributed by atoms with E-state index in [9.17, 15) is 9.59 Å². The van der Waals surface area contributed by atoms with Gasteiger partial charge in [0.25, 0.3) is 0 Å². The van der Waals surface area contributed by atoms with Gasteiger partial charge in [0, 0.05) is 44.9 Å². The summed E-state index contributed by atoms with van der Waals surface area (Å²) in [6.45, 7) is 2.75. The first-order valence-electron chi connectivity index (χ1n) is 8.01. The van der Waals surface area contributed by atoms with Crippen LogP contribution in [0.25, 0.3) is 0 Å². The second kappa shape index (κ2) is 7.25. The summed E-state index contributed by atoms with van der Waals surface area (Å²) in [6.07, 6.45) is 3.74. The molecular formula is C17H20ClN5O2. The smallest absolute Gasteiger partial charge is 0.229 e. The van der Waals surface area contributed by atoms with Gasteiger partial charge >= 0.3 is 0 Å². The van der Waals surface area contributed by atoms with Crippen molar-refractivity contribution in [3.05, 3.63) is 41.2 Å². The topological polar surface area (TPSA) is 88.1 Å². The van der Waals surface area contributed by atoms with Gasteiger partial charge in [0.05, 0.1) is 22.8 Å². The standard InChI is InChI=1S/C17H20ClN5O2/c1-10(24)21-16-5-12(3-4-15(16)18)22-17(25)14-8-19-7-13(14)11-6-20-23(2)9-11/h3-6,9,13-14,19H,7-8H2,1-2H3,(H,21,24)(H,22,25)/t13-,14+/m1/s1. The number of rotatable bonds is 4. The van der Waals surface area contributed by atoms with Crippen LogP contribution in [-0.4, -0.2) is 34.7 Å². The van der Waals surface area contributed by atoms with Gasteiger partial charge in [-0.25, -0.2) is 0 Å². The van der Waals surface area contributed by atoms with Gasteiger partial charge in [0.2, 0.25) is 11.8 Å². The normalized spacial score (nSPS) is 19.6. The fourth-order valence-corrected chi connectivity index (χ4v) is 3.22. The lowest BCUT2D eigenvalue weighted by atomic mass is 9.90. The molecule has 1 aromatic carbocycles. The molecule has 0 spiro atoms. The molecule has 132 valence electrons. The van der Waals surface area contributed by atoms with Gasteiger partial charge in [0.15, 0.2) is 0 Å². The van der Waals surface area contributed by atoms with Gasteiger partial charge in [-0.05, 0) is 23.8 Å². The molecule has 1 aliphatic heterocycles. The fraction of sp³-hybridized carbons (Fsp3) is 0.353. The van der Waals surface area contributed by atoms with Crippen molar-refractivity contribution in [3.8, 4) is 0 Å². The van der Waals surface area contributed by atoms with Gasteiger partial charge in [0.1, 0.15) is 0 Å². The van der Waals surface area contributed by atoms with Crippen LogP contribution in [0.2, 0.25) is 5.02 Å². The number of nitrogens with one attached hydrogen (secondary N) is 3. The zero-order chi connectivity index (χ0) is 18.0. The van der Waals surface area contributed by atoms with Gasteiger partial charge in [-0.3, -0.25) is 14.3 Å². The Morgan fingerprint density at radius 2 is 2.12 bits per heavy atom. The molecule has 0 radical (unpaired) electrons. The molecule has 2 aromatic rings. The molecule has 7 nitrogen and oxygen atoms in total. The Labute approximate surface area is 150 Å². The van der Waals surface area contributed by atoms with Crippen molar-refractivity contribution < 1.29 is 9.59 Å². The lowest BCUT2D eigenvalue weighted by Gasteiger charge is -2.17. The van der Waals surface area contributed by atoms with Gasteiger partial charge in [-0.1, -0.05) is 11.6 Å². The monoisotopic (exact) mass is 361 g/mol. The van der Waals surface area contributed by atoms with E-state index in [1.165, 1.54) is 6.92 Å². The Bertz CT molecular complexity index is 804. The number of carbonyl (C=O) groups is 2. The SMILES string of the molecule is CC(=O)Nc1cc(NC(=O)[C@H]2CNC[C@@H]2c2cnn(C)c2)ccc1Cl. The molecule has 1 saturated heterocycles. The molecule has 0 unspecified atom stereocenters. The third-order valence-electron chi connectivity index (χ3n) is 4.25. The van der Waals surface area contributed by atoms with Crippen molar-refractivity contribution in [1.82, 2.24) is 15.1 Å². The predicted molar refractivity (Wildman–Crippen MR) is 96.7 cm³/mol. The van der Waals surface area contributed by atoms with Crippen molar-refractivity contribution in [2.45, 2.75) is 12.8 Å². The van der Waals surface area contributed by atoms with Crippen molar-refractivity contribution >= 4 is 34.8 Å². The summed E-state index contributed by atoms with van der Waals surface area (Å²) in [6, 6.07) is 5.02. The Morgan fingerprint density at radius 1 is 1.32 bits per heavy atom. The van der Waals surface area contributed by atoms with Crippen LogP contribution in [0.4, 0.5) is 11.4 Å². The lowest BCUT2D eigenvalue weighted by molar-refractivity contribution is -0.119. The molecule has 3 N–H and O–H groups in total. The number of carbonyl (C=O) groups excluding carboxylic acids is 2. The number of benzene rings is 1. The molecule has 1 aromatic heterocycles. The zero-order valence-corrected chi connectivity index (χ0v) is 14.8. The van der Waals surface area contributed by atoms with Crippen LogP contribution in [0.15, 0.2) is 30.6 Å². The van der Waals surface area contributed by atoms with Gasteiger partial charge in [-0.2, -0.15) is 5.10 Å². The molecule has 25 heavy (non-hydrogen) atoms. The van der Waals surface area contributed by atoms with E-state index in [-0.39, 0.29) is 23.7 Å². The van der Waals surface area contributed by atoms with Crippen LogP contribution in [0.5, 0.6) is 0 Å². The Kier molecular flexibility index (Phi) is 5.06. The number of aryl methyl sites for hydroxylation is 1. The zero-order valence-electron chi connectivity index (χ0n) is 14.0. The number of aromatic nitrogens is 2. The highest BCUT2D eigenvalue weighted by Crippen LogP contribution is 2.30. The highest BCUT2D eigenvalue weighted by atomic mass is 35.5. The molecule has 8 heteroatoms. The van der Waals surface area contributed by atoms with E-state index in [2.05, 4.69) is 21.0 Å². The molecule has 1 fully saturated rings. The average Bonchev–Trinajstić information content (AvgIpc) is 3.18. The minimum atomic E-state index is -0.220. The van der Waals surface area contributed by atoms with E-state index in [1.54, 1.807) is 29.1 Å². The first kappa shape index (κ1) is 17.4. The summed E-state index contributed by atoms with van der Waals surface area (Å²) in [4.78, 5) is 24.0. The highest BCUT2D eigenvalue weighted by Gasteiger charge is 2.34. The Hall–Kier alpha value is -2.38. The quantitative estimate of drug-likeness (QED) is 0.777. The number of nitrogens with zero attached hydrogens (tertiary/aromatic N) is 2. The fourth-order valence-electron chi connectivity index (χ4n) is 3.06. The van der Waals surface area contributed by atoms with Crippen LogP contribution in [-0.2, 0) is 16.6 Å². The predicted octanol–water partition coefficient (Wildman–Crippen LogP) is 1.97. The Balaban J connectivity index is 1.74. The molecule has 1 aliphatic rings. The number of halogens is 1.